The second-order valence-electron chi connectivity index (χ2n) is 6.75. The van der Waals surface area contributed by atoms with Crippen LogP contribution in [-0.2, 0) is 10.0 Å². The molecule has 3 aromatic carbocycles. The molecular formula is C24H29N5O5S3. The van der Waals surface area contributed by atoms with E-state index in [1.54, 1.807) is 22.9 Å². The van der Waals surface area contributed by atoms with Crippen LogP contribution in [0.25, 0.3) is 28.2 Å². The zero-order valence-corrected chi connectivity index (χ0v) is 21.2. The number of hydrogen-bond acceptors (Lipinski definition) is 5. The molecule has 1 heterocycles. The van der Waals surface area contributed by atoms with Crippen molar-refractivity contribution in [1.82, 2.24) is 9.78 Å². The Labute approximate surface area is 226 Å². The summed E-state index contributed by atoms with van der Waals surface area (Å²) in [6.07, 6.45) is 0. The number of hydrogen-bond donors (Lipinski definition) is 5. The highest BCUT2D eigenvalue weighted by Gasteiger charge is 2.19. The first-order valence-electron chi connectivity index (χ1n) is 9.80. The summed E-state index contributed by atoms with van der Waals surface area (Å²) in [7, 11) is -3.90. The normalized spacial score (nSPS) is 9.65. The topological polar surface area (TPSA) is 202 Å². The second-order valence-corrected chi connectivity index (χ2v) is 9.11. The molecule has 4 rings (SSSR count). The lowest BCUT2D eigenvalue weighted by Crippen LogP contribution is -2.16. The van der Waals surface area contributed by atoms with Crippen LogP contribution < -0.4 is 16.6 Å². The van der Waals surface area contributed by atoms with Gasteiger partial charge in [-0.25, -0.2) is 18.2 Å². The van der Waals surface area contributed by atoms with E-state index in [2.05, 4.69) is 35.9 Å². The lowest BCUT2D eigenvalue weighted by molar-refractivity contribution is 0.559. The van der Waals surface area contributed by atoms with E-state index in [0.29, 0.717) is 5.69 Å². The average molecular weight is 564 g/mol. The monoisotopic (exact) mass is 563 g/mol. The Morgan fingerprint density at radius 3 is 1.65 bits per heavy atom. The number of nitrogens with zero attached hydrogens (tertiary/aromatic N) is 2. The first-order chi connectivity index (χ1) is 16.5. The molecule has 0 spiro atoms. The summed E-state index contributed by atoms with van der Waals surface area (Å²) in [5.74, 6) is 0. The third-order valence-corrected chi connectivity index (χ3v) is 5.21. The standard InChI is InChI=1S/C21H17N3O2S.2CH3NOS.CH4.H2O/c22-27(25,26)21-14-8-7-13-19(21)24-20(17-11-5-2-6-12-17)15-18(23-24)16-9-3-1-4-10-16;2*2-1(3)4;;/h1-15H,(H2,22,25,26);2*(H3,2,3,4);1H4;1H2. The minimum Gasteiger partial charge on any atom is -0.487 e. The molecule has 0 aliphatic rings. The van der Waals surface area contributed by atoms with Crippen LogP contribution in [-0.4, -0.2) is 44.2 Å². The lowest BCUT2D eigenvalue weighted by Gasteiger charge is -2.11. The lowest BCUT2D eigenvalue weighted by atomic mass is 10.1. The smallest absolute Gasteiger partial charge is 0.251 e. The molecule has 0 fully saturated rings. The number of benzene rings is 3. The third kappa shape index (κ3) is 10.3. The number of nitrogens with two attached hydrogens (primary N) is 3. The minimum atomic E-state index is -3.90. The van der Waals surface area contributed by atoms with Gasteiger partial charge < -0.3 is 27.2 Å². The number of rotatable bonds is 4. The summed E-state index contributed by atoms with van der Waals surface area (Å²) in [4.78, 5) is 0.0323. The van der Waals surface area contributed by atoms with E-state index < -0.39 is 20.4 Å². The van der Waals surface area contributed by atoms with E-state index in [9.17, 15) is 8.42 Å². The molecule has 198 valence electrons. The molecule has 0 bridgehead atoms. The van der Waals surface area contributed by atoms with Gasteiger partial charge in [-0.3, -0.25) is 0 Å². The number of primary sulfonamides is 1. The summed E-state index contributed by atoms with van der Waals surface area (Å²) < 4.78 is 25.8. The maximum Gasteiger partial charge on any atom is 0.251 e. The molecule has 1 aromatic heterocycles. The fraction of sp³-hybridized carbons (Fsp3) is 0.0417. The Balaban J connectivity index is 0.00000115. The van der Waals surface area contributed by atoms with Gasteiger partial charge in [0.25, 0.3) is 10.3 Å². The maximum atomic E-state index is 12.1. The molecule has 10 nitrogen and oxygen atoms in total. The van der Waals surface area contributed by atoms with Crippen molar-refractivity contribution < 1.29 is 24.1 Å². The highest BCUT2D eigenvalue weighted by atomic mass is 32.2. The van der Waals surface area contributed by atoms with Crippen LogP contribution in [0.15, 0.2) is 95.9 Å². The predicted octanol–water partition coefficient (Wildman–Crippen LogP) is 3.24. The van der Waals surface area contributed by atoms with Crippen molar-refractivity contribution >= 4 is 44.8 Å². The molecule has 0 saturated heterocycles. The van der Waals surface area contributed by atoms with Gasteiger partial charge in [-0.1, -0.05) is 80.2 Å². The molecule has 0 saturated carbocycles. The van der Waals surface area contributed by atoms with Crippen molar-refractivity contribution in [3.05, 3.63) is 91.0 Å². The van der Waals surface area contributed by atoms with Gasteiger partial charge in [0.05, 0.1) is 17.1 Å². The number of aromatic nitrogens is 2. The number of para-hydroxylation sites is 1. The first-order valence-corrected chi connectivity index (χ1v) is 12.2. The zero-order chi connectivity index (χ0) is 26.0. The Morgan fingerprint density at radius 2 is 1.19 bits per heavy atom. The quantitative estimate of drug-likeness (QED) is 0.231. The minimum absolute atomic E-state index is 0. The van der Waals surface area contributed by atoms with Crippen LogP contribution >= 0.6 is 24.4 Å². The average Bonchev–Trinajstić information content (AvgIpc) is 3.24. The fourth-order valence-electron chi connectivity index (χ4n) is 3.00. The van der Waals surface area contributed by atoms with Crippen molar-refractivity contribution in [2.24, 2.45) is 16.6 Å². The first kappa shape index (κ1) is 33.1. The second kappa shape index (κ2) is 15.3. The van der Waals surface area contributed by atoms with Crippen LogP contribution in [0.4, 0.5) is 0 Å². The fourth-order valence-corrected chi connectivity index (χ4v) is 3.72. The molecule has 4 aromatic rings. The van der Waals surface area contributed by atoms with Gasteiger partial charge in [-0.15, -0.1) is 0 Å². The number of sulfonamides is 1. The van der Waals surface area contributed by atoms with Crippen molar-refractivity contribution in [2.75, 3.05) is 0 Å². The molecule has 13 heteroatoms. The number of aliphatic hydroxyl groups is 2. The highest BCUT2D eigenvalue weighted by molar-refractivity contribution is 7.89. The number of thiocarbonyl (C=S) groups is 2. The van der Waals surface area contributed by atoms with Gasteiger partial charge in [0, 0.05) is 11.1 Å². The molecule has 0 radical (unpaired) electrons. The summed E-state index contributed by atoms with van der Waals surface area (Å²) in [5, 5.41) is 24.3. The Bertz CT molecular complexity index is 1380. The SMILES string of the molecule is C.NC(O)=S.NC(O)=S.NS(=O)(=O)c1ccccc1-n1nc(-c2ccccc2)cc1-c1ccccc1.O. The van der Waals surface area contributed by atoms with Gasteiger partial charge in [0.15, 0.2) is 0 Å². The van der Waals surface area contributed by atoms with E-state index >= 15 is 0 Å². The molecule has 0 atom stereocenters. The number of aliphatic hydroxyl groups excluding tert-OH is 2. The highest BCUT2D eigenvalue weighted by Crippen LogP contribution is 2.30. The third-order valence-electron chi connectivity index (χ3n) is 4.25. The van der Waals surface area contributed by atoms with Crippen molar-refractivity contribution in [3.8, 4) is 28.2 Å². The summed E-state index contributed by atoms with van der Waals surface area (Å²) in [5.41, 5.74) is 12.6. The summed E-state index contributed by atoms with van der Waals surface area (Å²) in [6.45, 7) is 0. The molecule has 0 aliphatic heterocycles. The van der Waals surface area contributed by atoms with E-state index in [-0.39, 0.29) is 17.8 Å². The van der Waals surface area contributed by atoms with Crippen LogP contribution in [0.3, 0.4) is 0 Å². The van der Waals surface area contributed by atoms with Crippen molar-refractivity contribution in [1.29, 1.82) is 0 Å². The van der Waals surface area contributed by atoms with Crippen LogP contribution in [0.2, 0.25) is 0 Å². The zero-order valence-electron chi connectivity index (χ0n) is 18.7. The van der Waals surface area contributed by atoms with Crippen molar-refractivity contribution in [2.45, 2.75) is 12.3 Å². The van der Waals surface area contributed by atoms with E-state index in [1.807, 2.05) is 66.7 Å². The Kier molecular flexibility index (Phi) is 13.7. The molecule has 0 unspecified atom stereocenters. The molecule has 10 N–H and O–H groups in total. The van der Waals surface area contributed by atoms with E-state index in [0.717, 1.165) is 22.5 Å². The molecular weight excluding hydrogens is 534 g/mol. The van der Waals surface area contributed by atoms with Crippen LogP contribution in [0, 0.1) is 0 Å². The maximum absolute atomic E-state index is 12.1. The van der Waals surface area contributed by atoms with Gasteiger partial charge in [-0.05, 0) is 42.6 Å². The largest absolute Gasteiger partial charge is 0.487 e. The van der Waals surface area contributed by atoms with Gasteiger partial charge in [-0.2, -0.15) is 5.10 Å². The predicted molar refractivity (Wildman–Crippen MR) is 155 cm³/mol. The van der Waals surface area contributed by atoms with E-state index in [1.165, 1.54) is 6.07 Å². The van der Waals surface area contributed by atoms with Crippen molar-refractivity contribution in [3.63, 3.8) is 0 Å². The molecule has 0 amide bonds. The van der Waals surface area contributed by atoms with Gasteiger partial charge >= 0.3 is 0 Å². The molecule has 0 aliphatic carbocycles. The van der Waals surface area contributed by atoms with Crippen LogP contribution in [0.1, 0.15) is 7.43 Å². The molecule has 37 heavy (non-hydrogen) atoms. The Hall–Kier alpha value is -3.88. The summed E-state index contributed by atoms with van der Waals surface area (Å²) in [6, 6.07) is 28.0. The van der Waals surface area contributed by atoms with E-state index in [4.69, 9.17) is 20.5 Å². The Morgan fingerprint density at radius 1 is 0.784 bits per heavy atom. The van der Waals surface area contributed by atoms with Gasteiger partial charge in [0.1, 0.15) is 4.90 Å². The summed E-state index contributed by atoms with van der Waals surface area (Å²) >= 11 is 7.74. The van der Waals surface area contributed by atoms with Crippen LogP contribution in [0.5, 0.6) is 0 Å². The van der Waals surface area contributed by atoms with Gasteiger partial charge in [0.2, 0.25) is 10.0 Å².